The van der Waals surface area contributed by atoms with Crippen LogP contribution < -0.4 is 0 Å². The SMILES string of the molecule is Cc1ccc(C2(O)CCc3ccccc32)cn1. The van der Waals surface area contributed by atoms with E-state index < -0.39 is 5.60 Å². The molecule has 2 nitrogen and oxygen atoms in total. The third kappa shape index (κ3) is 1.56. The molecular formula is C15H15NO. The van der Waals surface area contributed by atoms with Gasteiger partial charge in [-0.1, -0.05) is 30.3 Å². The second kappa shape index (κ2) is 3.67. The normalized spacial score (nSPS) is 22.5. The highest BCUT2D eigenvalue weighted by Crippen LogP contribution is 2.41. The second-order valence-electron chi connectivity index (χ2n) is 4.71. The van der Waals surface area contributed by atoms with E-state index in [2.05, 4.69) is 11.1 Å². The summed E-state index contributed by atoms with van der Waals surface area (Å²) >= 11 is 0. The minimum atomic E-state index is -0.850. The number of nitrogens with zero attached hydrogens (tertiary/aromatic N) is 1. The van der Waals surface area contributed by atoms with Gasteiger partial charge >= 0.3 is 0 Å². The van der Waals surface area contributed by atoms with E-state index in [0.717, 1.165) is 29.7 Å². The van der Waals surface area contributed by atoms with Crippen molar-refractivity contribution in [2.75, 3.05) is 0 Å². The van der Waals surface area contributed by atoms with Gasteiger partial charge in [0.15, 0.2) is 0 Å². The molecule has 1 atom stereocenters. The Morgan fingerprint density at radius 3 is 2.76 bits per heavy atom. The van der Waals surface area contributed by atoms with Crippen LogP contribution in [0.4, 0.5) is 0 Å². The van der Waals surface area contributed by atoms with E-state index in [1.54, 1.807) is 6.20 Å². The number of hydrogen-bond acceptors (Lipinski definition) is 2. The summed E-state index contributed by atoms with van der Waals surface area (Å²) in [6.45, 7) is 1.95. The fourth-order valence-corrected chi connectivity index (χ4v) is 2.60. The largest absolute Gasteiger partial charge is 0.380 e. The summed E-state index contributed by atoms with van der Waals surface area (Å²) < 4.78 is 0. The molecule has 86 valence electrons. The average molecular weight is 225 g/mol. The summed E-state index contributed by atoms with van der Waals surface area (Å²) in [6, 6.07) is 12.0. The van der Waals surface area contributed by atoms with Crippen molar-refractivity contribution in [3.63, 3.8) is 0 Å². The lowest BCUT2D eigenvalue weighted by Gasteiger charge is -2.24. The van der Waals surface area contributed by atoms with Gasteiger partial charge in [-0.3, -0.25) is 4.98 Å². The van der Waals surface area contributed by atoms with Crippen LogP contribution >= 0.6 is 0 Å². The molecule has 2 aromatic rings. The number of benzene rings is 1. The third-order valence-electron chi connectivity index (χ3n) is 3.61. The third-order valence-corrected chi connectivity index (χ3v) is 3.61. The Balaban J connectivity index is 2.12. The van der Waals surface area contributed by atoms with Gasteiger partial charge < -0.3 is 5.11 Å². The second-order valence-corrected chi connectivity index (χ2v) is 4.71. The van der Waals surface area contributed by atoms with Gasteiger partial charge in [-0.2, -0.15) is 0 Å². The first-order chi connectivity index (χ1) is 8.20. The van der Waals surface area contributed by atoms with E-state index in [1.165, 1.54) is 5.56 Å². The van der Waals surface area contributed by atoms with Crippen molar-refractivity contribution < 1.29 is 5.11 Å². The standard InChI is InChI=1S/C15H15NO/c1-11-6-7-13(10-16-11)15(17)9-8-12-4-2-3-5-14(12)15/h2-7,10,17H,8-9H2,1H3. The van der Waals surface area contributed by atoms with Crippen LogP contribution in [0.25, 0.3) is 0 Å². The van der Waals surface area contributed by atoms with Crippen LogP contribution in [0.1, 0.15) is 28.8 Å². The molecular weight excluding hydrogens is 210 g/mol. The number of aliphatic hydroxyl groups is 1. The fraction of sp³-hybridized carbons (Fsp3) is 0.267. The van der Waals surface area contributed by atoms with E-state index in [-0.39, 0.29) is 0 Å². The monoisotopic (exact) mass is 225 g/mol. The molecule has 1 aromatic heterocycles. The molecule has 17 heavy (non-hydrogen) atoms. The van der Waals surface area contributed by atoms with Crippen molar-refractivity contribution in [2.45, 2.75) is 25.4 Å². The molecule has 1 aliphatic carbocycles. The van der Waals surface area contributed by atoms with Crippen LogP contribution in [0.5, 0.6) is 0 Å². The number of hydrogen-bond donors (Lipinski definition) is 1. The van der Waals surface area contributed by atoms with Gasteiger partial charge in [-0.05, 0) is 37.0 Å². The summed E-state index contributed by atoms with van der Waals surface area (Å²) in [5.74, 6) is 0. The van der Waals surface area contributed by atoms with E-state index in [0.29, 0.717) is 0 Å². The lowest BCUT2D eigenvalue weighted by atomic mass is 9.89. The summed E-state index contributed by atoms with van der Waals surface area (Å²) in [7, 11) is 0. The van der Waals surface area contributed by atoms with Gasteiger partial charge in [-0.25, -0.2) is 0 Å². The van der Waals surface area contributed by atoms with E-state index in [1.807, 2.05) is 37.3 Å². The molecule has 0 fully saturated rings. The number of pyridine rings is 1. The molecule has 1 aromatic carbocycles. The van der Waals surface area contributed by atoms with Crippen LogP contribution in [-0.2, 0) is 12.0 Å². The Bertz CT molecular complexity index is 547. The van der Waals surface area contributed by atoms with Crippen molar-refractivity contribution in [2.24, 2.45) is 0 Å². The van der Waals surface area contributed by atoms with Crippen LogP contribution in [-0.4, -0.2) is 10.1 Å². The predicted molar refractivity (Wildman–Crippen MR) is 66.7 cm³/mol. The zero-order valence-corrected chi connectivity index (χ0v) is 9.85. The highest BCUT2D eigenvalue weighted by Gasteiger charge is 2.38. The lowest BCUT2D eigenvalue weighted by Crippen LogP contribution is -2.24. The lowest BCUT2D eigenvalue weighted by molar-refractivity contribution is 0.0825. The van der Waals surface area contributed by atoms with Crippen molar-refractivity contribution in [3.05, 3.63) is 65.0 Å². The molecule has 0 bridgehead atoms. The minimum Gasteiger partial charge on any atom is -0.380 e. The number of aromatic nitrogens is 1. The predicted octanol–water partition coefficient (Wildman–Crippen LogP) is 2.57. The molecule has 1 unspecified atom stereocenters. The molecule has 0 spiro atoms. The van der Waals surface area contributed by atoms with E-state index >= 15 is 0 Å². The number of rotatable bonds is 1. The van der Waals surface area contributed by atoms with Crippen molar-refractivity contribution in [3.8, 4) is 0 Å². The molecule has 1 heterocycles. The van der Waals surface area contributed by atoms with Gasteiger partial charge in [0.05, 0.1) is 0 Å². The van der Waals surface area contributed by atoms with Crippen LogP contribution in [0.15, 0.2) is 42.6 Å². The Hall–Kier alpha value is -1.67. The van der Waals surface area contributed by atoms with Crippen molar-refractivity contribution in [1.82, 2.24) is 4.98 Å². The maximum absolute atomic E-state index is 10.9. The molecule has 3 rings (SSSR count). The average Bonchev–Trinajstić information content (AvgIpc) is 2.70. The van der Waals surface area contributed by atoms with Gasteiger partial charge in [0.25, 0.3) is 0 Å². The summed E-state index contributed by atoms with van der Waals surface area (Å²) in [5, 5.41) is 10.9. The highest BCUT2D eigenvalue weighted by molar-refractivity contribution is 5.44. The molecule has 1 N–H and O–H groups in total. The fourth-order valence-electron chi connectivity index (χ4n) is 2.60. The van der Waals surface area contributed by atoms with Gasteiger partial charge in [0.2, 0.25) is 0 Å². The Labute approximate surface area is 101 Å². The first kappa shape index (κ1) is 10.5. The smallest absolute Gasteiger partial charge is 0.117 e. The molecule has 0 amide bonds. The van der Waals surface area contributed by atoms with Crippen LogP contribution in [0.3, 0.4) is 0 Å². The van der Waals surface area contributed by atoms with Gasteiger partial charge in [0.1, 0.15) is 5.60 Å². The molecule has 0 saturated carbocycles. The Kier molecular flexibility index (Phi) is 2.26. The summed E-state index contributed by atoms with van der Waals surface area (Å²) in [6.07, 6.45) is 3.47. The number of fused-ring (bicyclic) bond motifs is 1. The first-order valence-corrected chi connectivity index (χ1v) is 5.94. The zero-order valence-electron chi connectivity index (χ0n) is 9.85. The van der Waals surface area contributed by atoms with Crippen LogP contribution in [0, 0.1) is 6.92 Å². The number of aryl methyl sites for hydroxylation is 2. The van der Waals surface area contributed by atoms with Crippen molar-refractivity contribution in [1.29, 1.82) is 0 Å². The first-order valence-electron chi connectivity index (χ1n) is 5.94. The molecule has 0 saturated heterocycles. The van der Waals surface area contributed by atoms with Gasteiger partial charge in [0, 0.05) is 17.5 Å². The van der Waals surface area contributed by atoms with Gasteiger partial charge in [-0.15, -0.1) is 0 Å². The Morgan fingerprint density at radius 2 is 2.00 bits per heavy atom. The van der Waals surface area contributed by atoms with Crippen LogP contribution in [0.2, 0.25) is 0 Å². The molecule has 1 aliphatic rings. The van der Waals surface area contributed by atoms with E-state index in [4.69, 9.17) is 0 Å². The maximum atomic E-state index is 10.9. The molecule has 0 radical (unpaired) electrons. The maximum Gasteiger partial charge on any atom is 0.117 e. The molecule has 2 heteroatoms. The Morgan fingerprint density at radius 1 is 1.18 bits per heavy atom. The summed E-state index contributed by atoms with van der Waals surface area (Å²) in [5.41, 5.74) is 3.30. The quantitative estimate of drug-likeness (QED) is 0.809. The van der Waals surface area contributed by atoms with E-state index in [9.17, 15) is 5.11 Å². The highest BCUT2D eigenvalue weighted by atomic mass is 16.3. The zero-order chi connectivity index (χ0) is 11.9. The van der Waals surface area contributed by atoms with Crippen molar-refractivity contribution >= 4 is 0 Å². The summed E-state index contributed by atoms with van der Waals surface area (Å²) in [4.78, 5) is 4.28. The topological polar surface area (TPSA) is 33.1 Å². The minimum absolute atomic E-state index is 0.747. The molecule has 0 aliphatic heterocycles.